The number of unbranched alkanes of at least 4 members (excludes halogenated alkanes) is 1. The molecule has 6 heteroatoms. The minimum absolute atomic E-state index is 0. The van der Waals surface area contributed by atoms with E-state index in [0.29, 0.717) is 5.92 Å². The van der Waals surface area contributed by atoms with E-state index in [1.165, 1.54) is 64.1 Å². The van der Waals surface area contributed by atoms with Crippen molar-refractivity contribution in [1.29, 1.82) is 0 Å². The molecule has 0 aromatic heterocycles. The van der Waals surface area contributed by atoms with Gasteiger partial charge in [-0.15, -0.1) is 24.0 Å². The first-order chi connectivity index (χ1) is 13.8. The van der Waals surface area contributed by atoms with Gasteiger partial charge in [0.25, 0.3) is 0 Å². The molecule has 3 rings (SSSR count). The van der Waals surface area contributed by atoms with Crippen LogP contribution in [0.3, 0.4) is 0 Å². The number of benzene rings is 1. The Labute approximate surface area is 194 Å². The molecule has 1 N–H and O–H groups in total. The number of nitrogens with zero attached hydrogens (tertiary/aromatic N) is 4. The maximum atomic E-state index is 4.94. The summed E-state index contributed by atoms with van der Waals surface area (Å²) in [6, 6.07) is 10.9. The molecular formula is C23H40IN5. The molecule has 164 valence electrons. The van der Waals surface area contributed by atoms with Gasteiger partial charge in [0, 0.05) is 58.3 Å². The zero-order chi connectivity index (χ0) is 19.6. The molecule has 0 saturated carbocycles. The first-order valence-electron chi connectivity index (χ1n) is 11.3. The molecular weight excluding hydrogens is 473 g/mol. The van der Waals surface area contributed by atoms with E-state index < -0.39 is 0 Å². The van der Waals surface area contributed by atoms with Gasteiger partial charge in [0.15, 0.2) is 5.96 Å². The lowest BCUT2D eigenvalue weighted by Crippen LogP contribution is -2.46. The predicted octanol–water partition coefficient (Wildman–Crippen LogP) is 3.48. The Morgan fingerprint density at radius 3 is 2.41 bits per heavy atom. The molecule has 0 amide bonds. The van der Waals surface area contributed by atoms with Crippen LogP contribution in [-0.4, -0.2) is 86.1 Å². The van der Waals surface area contributed by atoms with Crippen molar-refractivity contribution in [3.8, 4) is 0 Å². The van der Waals surface area contributed by atoms with Gasteiger partial charge in [0.1, 0.15) is 0 Å². The highest BCUT2D eigenvalue weighted by Crippen LogP contribution is 2.26. The Morgan fingerprint density at radius 1 is 1.00 bits per heavy atom. The molecule has 1 aromatic carbocycles. The van der Waals surface area contributed by atoms with Gasteiger partial charge in [-0.1, -0.05) is 37.3 Å². The molecule has 0 bridgehead atoms. The zero-order valence-corrected chi connectivity index (χ0v) is 20.7. The summed E-state index contributed by atoms with van der Waals surface area (Å²) in [5.41, 5.74) is 1.46. The topological polar surface area (TPSA) is 34.1 Å². The van der Waals surface area contributed by atoms with Crippen LogP contribution in [0.1, 0.15) is 44.6 Å². The van der Waals surface area contributed by atoms with Crippen LogP contribution in [0, 0.1) is 0 Å². The molecule has 1 aromatic rings. The SMILES string of the molecule is CCNC(=NCCCCN1CCN(CC)CC1)N1CCC(c2ccccc2)C1.I. The fraction of sp³-hybridized carbons (Fsp3) is 0.696. The van der Waals surface area contributed by atoms with Crippen LogP contribution in [-0.2, 0) is 0 Å². The summed E-state index contributed by atoms with van der Waals surface area (Å²) in [4.78, 5) is 12.5. The molecule has 2 saturated heterocycles. The number of rotatable bonds is 8. The van der Waals surface area contributed by atoms with Crippen molar-refractivity contribution in [2.45, 2.75) is 39.0 Å². The van der Waals surface area contributed by atoms with E-state index in [0.717, 1.165) is 32.1 Å². The maximum Gasteiger partial charge on any atom is 0.193 e. The molecule has 2 aliphatic rings. The van der Waals surface area contributed by atoms with E-state index in [1.54, 1.807) is 0 Å². The highest BCUT2D eigenvalue weighted by molar-refractivity contribution is 14.0. The van der Waals surface area contributed by atoms with Crippen molar-refractivity contribution in [2.24, 2.45) is 4.99 Å². The van der Waals surface area contributed by atoms with Crippen LogP contribution in [0.15, 0.2) is 35.3 Å². The highest BCUT2D eigenvalue weighted by atomic mass is 127. The number of aliphatic imine (C=N–C) groups is 1. The number of guanidine groups is 1. The summed E-state index contributed by atoms with van der Waals surface area (Å²) in [6.07, 6.45) is 3.65. The molecule has 1 atom stereocenters. The number of likely N-dealkylation sites (tertiary alicyclic amines) is 1. The van der Waals surface area contributed by atoms with Gasteiger partial charge in [0.05, 0.1) is 0 Å². The van der Waals surface area contributed by atoms with Crippen molar-refractivity contribution in [3.63, 3.8) is 0 Å². The van der Waals surface area contributed by atoms with E-state index in [-0.39, 0.29) is 24.0 Å². The van der Waals surface area contributed by atoms with Gasteiger partial charge < -0.3 is 20.0 Å². The Bertz CT molecular complexity index is 586. The second-order valence-electron chi connectivity index (χ2n) is 8.06. The smallest absolute Gasteiger partial charge is 0.193 e. The Morgan fingerprint density at radius 2 is 1.72 bits per heavy atom. The molecule has 0 spiro atoms. The largest absolute Gasteiger partial charge is 0.357 e. The van der Waals surface area contributed by atoms with Crippen molar-refractivity contribution in [1.82, 2.24) is 20.0 Å². The number of nitrogens with one attached hydrogen (secondary N) is 1. The van der Waals surface area contributed by atoms with Crippen LogP contribution in [0.2, 0.25) is 0 Å². The van der Waals surface area contributed by atoms with E-state index >= 15 is 0 Å². The Hall–Kier alpha value is -0.860. The third-order valence-corrected chi connectivity index (χ3v) is 6.15. The number of likely N-dealkylation sites (N-methyl/N-ethyl adjacent to an activating group) is 1. The average Bonchev–Trinajstić information content (AvgIpc) is 3.24. The summed E-state index contributed by atoms with van der Waals surface area (Å²) in [7, 11) is 0. The van der Waals surface area contributed by atoms with Crippen LogP contribution in [0.4, 0.5) is 0 Å². The van der Waals surface area contributed by atoms with Gasteiger partial charge in [0.2, 0.25) is 0 Å². The van der Waals surface area contributed by atoms with E-state index in [2.05, 4.69) is 64.2 Å². The van der Waals surface area contributed by atoms with E-state index in [4.69, 9.17) is 4.99 Å². The monoisotopic (exact) mass is 513 g/mol. The normalized spacial score (nSPS) is 21.2. The second-order valence-corrected chi connectivity index (χ2v) is 8.06. The molecule has 2 aliphatic heterocycles. The van der Waals surface area contributed by atoms with Gasteiger partial charge in [-0.2, -0.15) is 0 Å². The minimum atomic E-state index is 0. The molecule has 2 fully saturated rings. The lowest BCUT2D eigenvalue weighted by molar-refractivity contribution is 0.136. The summed E-state index contributed by atoms with van der Waals surface area (Å²) in [6.45, 7) is 15.8. The van der Waals surface area contributed by atoms with Gasteiger partial charge in [-0.3, -0.25) is 4.99 Å². The summed E-state index contributed by atoms with van der Waals surface area (Å²) < 4.78 is 0. The standard InChI is InChI=1S/C23H39N5.HI/c1-3-24-23(28-15-12-22(20-28)21-10-6-5-7-11-21)25-13-8-9-14-27-18-16-26(4-2)17-19-27;/h5-7,10-11,22H,3-4,8-9,12-20H2,1-2H3,(H,24,25);1H. The first kappa shape index (κ1) is 24.4. The highest BCUT2D eigenvalue weighted by Gasteiger charge is 2.25. The van der Waals surface area contributed by atoms with Crippen molar-refractivity contribution >= 4 is 29.9 Å². The quantitative estimate of drug-likeness (QED) is 0.250. The molecule has 0 aliphatic carbocycles. The number of hydrogen-bond acceptors (Lipinski definition) is 3. The van der Waals surface area contributed by atoms with Gasteiger partial charge in [-0.05, 0) is 44.8 Å². The Kier molecular flexibility index (Phi) is 11.3. The fourth-order valence-electron chi connectivity index (χ4n) is 4.34. The van der Waals surface area contributed by atoms with Crippen LogP contribution in [0.5, 0.6) is 0 Å². The first-order valence-corrected chi connectivity index (χ1v) is 11.3. The van der Waals surface area contributed by atoms with E-state index in [1.807, 2.05) is 0 Å². The third kappa shape index (κ3) is 7.72. The number of hydrogen-bond donors (Lipinski definition) is 1. The maximum absolute atomic E-state index is 4.94. The lowest BCUT2D eigenvalue weighted by Gasteiger charge is -2.33. The fourth-order valence-corrected chi connectivity index (χ4v) is 4.34. The number of piperazine rings is 1. The summed E-state index contributed by atoms with van der Waals surface area (Å²) >= 11 is 0. The molecule has 2 heterocycles. The molecule has 1 unspecified atom stereocenters. The second kappa shape index (κ2) is 13.4. The molecule has 5 nitrogen and oxygen atoms in total. The zero-order valence-electron chi connectivity index (χ0n) is 18.4. The summed E-state index contributed by atoms with van der Waals surface area (Å²) in [5, 5.41) is 3.51. The van der Waals surface area contributed by atoms with Crippen molar-refractivity contribution in [3.05, 3.63) is 35.9 Å². The van der Waals surface area contributed by atoms with Crippen molar-refractivity contribution < 1.29 is 0 Å². The Balaban J connectivity index is 0.00000300. The lowest BCUT2D eigenvalue weighted by atomic mass is 9.99. The number of halogens is 1. The van der Waals surface area contributed by atoms with Crippen LogP contribution < -0.4 is 5.32 Å². The van der Waals surface area contributed by atoms with Crippen LogP contribution in [0.25, 0.3) is 0 Å². The van der Waals surface area contributed by atoms with E-state index in [9.17, 15) is 0 Å². The van der Waals surface area contributed by atoms with Crippen LogP contribution >= 0.6 is 24.0 Å². The summed E-state index contributed by atoms with van der Waals surface area (Å²) in [5.74, 6) is 1.74. The van der Waals surface area contributed by atoms with Crippen molar-refractivity contribution in [2.75, 3.05) is 65.4 Å². The average molecular weight is 514 g/mol. The minimum Gasteiger partial charge on any atom is -0.357 e. The predicted molar refractivity (Wildman–Crippen MR) is 135 cm³/mol. The van der Waals surface area contributed by atoms with Gasteiger partial charge in [-0.25, -0.2) is 0 Å². The molecule has 29 heavy (non-hydrogen) atoms. The third-order valence-electron chi connectivity index (χ3n) is 6.15. The van der Waals surface area contributed by atoms with Gasteiger partial charge >= 0.3 is 0 Å². The molecule has 0 radical (unpaired) electrons.